The fraction of sp³-hybridized carbons (Fsp3) is 0. The number of halogens is 1. The van der Waals surface area contributed by atoms with Crippen molar-refractivity contribution in [3.63, 3.8) is 0 Å². The van der Waals surface area contributed by atoms with Crippen molar-refractivity contribution in [1.29, 1.82) is 0 Å². The maximum absolute atomic E-state index is 10.6. The Morgan fingerprint density at radius 2 is 2.11 bits per heavy atom. The van der Waals surface area contributed by atoms with Gasteiger partial charge in [-0.1, -0.05) is 11.6 Å². The number of hydrogen-bond acceptors (Lipinski definition) is 5. The van der Waals surface area contributed by atoms with Gasteiger partial charge in [0.25, 0.3) is 0 Å². The first-order chi connectivity index (χ1) is 9.15. The highest BCUT2D eigenvalue weighted by Crippen LogP contribution is 2.22. The molecule has 0 bridgehead atoms. The molecule has 0 radical (unpaired) electrons. The van der Waals surface area contributed by atoms with Gasteiger partial charge in [-0.05, 0) is 23.1 Å². The molecule has 0 amide bonds. The molecule has 0 saturated carbocycles. The number of benzene rings is 1. The summed E-state index contributed by atoms with van der Waals surface area (Å²) in [7, 11) is 0. The Kier molecular flexibility index (Phi) is 2.60. The first-order valence-corrected chi connectivity index (χ1v) is 5.63. The Bertz CT molecular complexity index is 786. The third-order valence-electron chi connectivity index (χ3n) is 2.56. The molecule has 2 aromatic heterocycles. The lowest BCUT2D eigenvalue weighted by Gasteiger charge is -2.01. The third-order valence-corrected chi connectivity index (χ3v) is 2.79. The van der Waals surface area contributed by atoms with Crippen molar-refractivity contribution in [1.82, 2.24) is 19.7 Å². The molecule has 0 aliphatic carbocycles. The molecule has 0 saturated heterocycles. The molecule has 0 fully saturated rings. The number of rotatable bonds is 2. The summed E-state index contributed by atoms with van der Waals surface area (Å²) in [5, 5.41) is 15.8. The fourth-order valence-corrected chi connectivity index (χ4v) is 1.89. The molecule has 3 aromatic rings. The van der Waals surface area contributed by atoms with Crippen LogP contribution in [0.15, 0.2) is 36.8 Å². The van der Waals surface area contributed by atoms with Crippen LogP contribution >= 0.6 is 11.6 Å². The summed E-state index contributed by atoms with van der Waals surface area (Å²) in [6.45, 7) is 0. The maximum atomic E-state index is 10.6. The van der Waals surface area contributed by atoms with Gasteiger partial charge in [0.05, 0.1) is 22.9 Å². The van der Waals surface area contributed by atoms with Gasteiger partial charge in [0.15, 0.2) is 5.82 Å². The molecule has 0 N–H and O–H groups in total. The van der Waals surface area contributed by atoms with Crippen molar-refractivity contribution in [2.75, 3.05) is 0 Å². The van der Waals surface area contributed by atoms with E-state index in [1.807, 2.05) is 0 Å². The minimum atomic E-state index is -0.559. The lowest BCUT2D eigenvalue weighted by molar-refractivity contribution is -0.389. The van der Waals surface area contributed by atoms with E-state index in [2.05, 4.69) is 15.1 Å². The minimum Gasteiger partial charge on any atom is -0.358 e. The monoisotopic (exact) mass is 275 g/mol. The average molecular weight is 276 g/mol. The van der Waals surface area contributed by atoms with Crippen molar-refractivity contribution in [2.24, 2.45) is 0 Å². The predicted molar refractivity (Wildman–Crippen MR) is 68.3 cm³/mol. The van der Waals surface area contributed by atoms with Crippen molar-refractivity contribution in [2.45, 2.75) is 0 Å². The molecule has 2 heterocycles. The van der Waals surface area contributed by atoms with Crippen LogP contribution in [0.2, 0.25) is 5.02 Å². The molecular weight excluding hydrogens is 270 g/mol. The smallest absolute Gasteiger partial charge is 0.358 e. The molecule has 0 unspecified atom stereocenters. The summed E-state index contributed by atoms with van der Waals surface area (Å²) in [5.74, 6) is 0.232. The Morgan fingerprint density at radius 1 is 1.26 bits per heavy atom. The van der Waals surface area contributed by atoms with Crippen LogP contribution in [0.5, 0.6) is 0 Å². The zero-order valence-corrected chi connectivity index (χ0v) is 10.2. The summed E-state index contributed by atoms with van der Waals surface area (Å²) in [6, 6.07) is 6.46. The third kappa shape index (κ3) is 2.00. The van der Waals surface area contributed by atoms with Crippen LogP contribution in [0.4, 0.5) is 5.82 Å². The number of aromatic nitrogens is 4. The summed E-state index contributed by atoms with van der Waals surface area (Å²) in [5.41, 5.74) is 0.649. The summed E-state index contributed by atoms with van der Waals surface area (Å²) in [4.78, 5) is 18.3. The van der Waals surface area contributed by atoms with Crippen LogP contribution in [0.3, 0.4) is 0 Å². The predicted octanol–water partition coefficient (Wildman–Crippen LogP) is 2.38. The van der Waals surface area contributed by atoms with Gasteiger partial charge in [-0.2, -0.15) is 0 Å². The molecule has 0 aliphatic rings. The van der Waals surface area contributed by atoms with Gasteiger partial charge in [0.1, 0.15) is 6.33 Å². The van der Waals surface area contributed by atoms with Crippen molar-refractivity contribution >= 4 is 28.3 Å². The van der Waals surface area contributed by atoms with E-state index >= 15 is 0 Å². The number of nitro groups is 1. The van der Waals surface area contributed by atoms with Gasteiger partial charge in [-0.3, -0.25) is 0 Å². The maximum Gasteiger partial charge on any atom is 0.390 e. The highest BCUT2D eigenvalue weighted by molar-refractivity contribution is 6.31. The van der Waals surface area contributed by atoms with Crippen LogP contribution < -0.4 is 0 Å². The molecule has 3 rings (SSSR count). The van der Waals surface area contributed by atoms with Crippen molar-refractivity contribution in [3.8, 4) is 5.82 Å². The van der Waals surface area contributed by atoms with E-state index in [-0.39, 0.29) is 5.82 Å². The lowest BCUT2D eigenvalue weighted by atomic mass is 10.2. The van der Waals surface area contributed by atoms with E-state index in [1.54, 1.807) is 18.2 Å². The first kappa shape index (κ1) is 11.5. The highest BCUT2D eigenvalue weighted by atomic mass is 35.5. The molecule has 19 heavy (non-hydrogen) atoms. The Balaban J connectivity index is 2.21. The zero-order chi connectivity index (χ0) is 13.4. The number of fused-ring (bicyclic) bond motifs is 1. The zero-order valence-electron chi connectivity index (χ0n) is 9.39. The van der Waals surface area contributed by atoms with E-state index in [9.17, 15) is 10.1 Å². The van der Waals surface area contributed by atoms with E-state index < -0.39 is 4.92 Å². The van der Waals surface area contributed by atoms with Crippen LogP contribution in [0.25, 0.3) is 16.7 Å². The van der Waals surface area contributed by atoms with Gasteiger partial charge in [0.2, 0.25) is 0 Å². The molecule has 1 aromatic carbocycles. The van der Waals surface area contributed by atoms with E-state index in [0.717, 1.165) is 0 Å². The number of nitrogens with zero attached hydrogens (tertiary/aromatic N) is 5. The summed E-state index contributed by atoms with van der Waals surface area (Å²) < 4.78 is 1.34. The van der Waals surface area contributed by atoms with Crippen LogP contribution in [-0.4, -0.2) is 24.7 Å². The van der Waals surface area contributed by atoms with E-state index in [1.165, 1.54) is 23.3 Å². The summed E-state index contributed by atoms with van der Waals surface area (Å²) >= 11 is 5.89. The molecule has 0 atom stereocenters. The molecule has 8 heteroatoms. The summed E-state index contributed by atoms with van der Waals surface area (Å²) in [6.07, 6.45) is 2.84. The van der Waals surface area contributed by atoms with Gasteiger partial charge in [0, 0.05) is 10.4 Å². The van der Waals surface area contributed by atoms with Gasteiger partial charge in [-0.25, -0.2) is 9.97 Å². The largest absolute Gasteiger partial charge is 0.390 e. The molecule has 7 nitrogen and oxygen atoms in total. The second kappa shape index (κ2) is 4.29. The minimum absolute atomic E-state index is 0.235. The Hall–Kier alpha value is -2.54. The highest BCUT2D eigenvalue weighted by Gasteiger charge is 2.15. The molecule has 0 spiro atoms. The lowest BCUT2D eigenvalue weighted by Crippen LogP contribution is -2.01. The van der Waals surface area contributed by atoms with Gasteiger partial charge in [-0.15, -0.1) is 4.68 Å². The molecule has 0 aliphatic heterocycles. The van der Waals surface area contributed by atoms with E-state index in [4.69, 9.17) is 11.6 Å². The topological polar surface area (TPSA) is 86.7 Å². The van der Waals surface area contributed by atoms with Crippen LogP contribution in [-0.2, 0) is 0 Å². The normalized spacial score (nSPS) is 10.8. The van der Waals surface area contributed by atoms with Crippen LogP contribution in [0, 0.1) is 10.1 Å². The van der Waals surface area contributed by atoms with E-state index in [0.29, 0.717) is 21.7 Å². The SMILES string of the molecule is O=[N+]([O-])c1ccn(-c2ncnc3cc(Cl)ccc23)n1. The fourth-order valence-electron chi connectivity index (χ4n) is 1.73. The second-order valence-electron chi connectivity index (χ2n) is 3.73. The quantitative estimate of drug-likeness (QED) is 0.529. The molecular formula is C11H6ClN5O2. The number of hydrogen-bond donors (Lipinski definition) is 0. The Morgan fingerprint density at radius 3 is 2.84 bits per heavy atom. The van der Waals surface area contributed by atoms with Crippen LogP contribution in [0.1, 0.15) is 0 Å². The van der Waals surface area contributed by atoms with Gasteiger partial charge < -0.3 is 10.1 Å². The van der Waals surface area contributed by atoms with Crippen molar-refractivity contribution < 1.29 is 4.92 Å². The van der Waals surface area contributed by atoms with Gasteiger partial charge >= 0.3 is 5.82 Å². The Labute approximate surface area is 111 Å². The second-order valence-corrected chi connectivity index (χ2v) is 4.17. The standard InChI is InChI=1S/C11H6ClN5O2/c12-7-1-2-8-9(5-7)13-6-14-11(8)16-4-3-10(15-16)17(18)19/h1-6H. The first-order valence-electron chi connectivity index (χ1n) is 5.26. The average Bonchev–Trinajstić information content (AvgIpc) is 2.87. The molecule has 94 valence electrons. The van der Waals surface area contributed by atoms with Crippen molar-refractivity contribution in [3.05, 3.63) is 51.9 Å².